The van der Waals surface area contributed by atoms with Crippen LogP contribution in [0.3, 0.4) is 0 Å². The van der Waals surface area contributed by atoms with Gasteiger partial charge in [-0.3, -0.25) is 9.10 Å². The summed E-state index contributed by atoms with van der Waals surface area (Å²) in [6, 6.07) is 13.7. The smallest absolute Gasteiger partial charge is 0.266 e. The first kappa shape index (κ1) is 24.3. The van der Waals surface area contributed by atoms with Crippen molar-refractivity contribution in [1.29, 1.82) is 0 Å². The first-order chi connectivity index (χ1) is 15.2. The molecule has 8 heteroatoms. The zero-order valence-electron chi connectivity index (χ0n) is 18.5. The van der Waals surface area contributed by atoms with Crippen molar-refractivity contribution in [2.45, 2.75) is 43.7 Å². The molecule has 0 unspecified atom stereocenters. The molecule has 0 atom stereocenters. The second kappa shape index (κ2) is 10.5. The molecule has 1 aliphatic rings. The minimum absolute atomic E-state index is 0.0646. The van der Waals surface area contributed by atoms with Crippen molar-refractivity contribution in [2.75, 3.05) is 23.9 Å². The van der Waals surface area contributed by atoms with E-state index in [0.717, 1.165) is 25.9 Å². The highest BCUT2D eigenvalue weighted by atomic mass is 35.5. The average Bonchev–Trinajstić information content (AvgIpc) is 2.78. The summed E-state index contributed by atoms with van der Waals surface area (Å²) in [7, 11) is -4.01. The first-order valence-electron chi connectivity index (χ1n) is 10.8. The van der Waals surface area contributed by atoms with Gasteiger partial charge in [-0.1, -0.05) is 35.9 Å². The minimum Gasteiger partial charge on any atom is -0.349 e. The Morgan fingerprint density at radius 3 is 2.47 bits per heavy atom. The average molecular weight is 476 g/mol. The number of hydrogen-bond donors (Lipinski definition) is 1. The lowest BCUT2D eigenvalue weighted by atomic mass is 10.0. The molecule has 2 aromatic carbocycles. The van der Waals surface area contributed by atoms with Gasteiger partial charge < -0.3 is 10.2 Å². The van der Waals surface area contributed by atoms with E-state index in [1.54, 1.807) is 30.3 Å². The van der Waals surface area contributed by atoms with Gasteiger partial charge in [0.2, 0.25) is 0 Å². The number of para-hydroxylation sites is 1. The SMILES string of the molecule is C=CCN(c1ccccc1)S(=O)(=O)c1cc(C(=O)NC2CCN(C(C)C)CC2)ccc1Cl. The summed E-state index contributed by atoms with van der Waals surface area (Å²) in [6.07, 6.45) is 3.24. The topological polar surface area (TPSA) is 69.7 Å². The molecule has 0 aromatic heterocycles. The van der Waals surface area contributed by atoms with Crippen molar-refractivity contribution in [2.24, 2.45) is 0 Å². The maximum Gasteiger partial charge on any atom is 0.266 e. The Kier molecular flexibility index (Phi) is 7.98. The van der Waals surface area contributed by atoms with E-state index in [1.165, 1.54) is 22.5 Å². The molecule has 32 heavy (non-hydrogen) atoms. The number of carbonyl (C=O) groups excluding carboxylic acids is 1. The third-order valence-corrected chi connectivity index (χ3v) is 7.97. The molecule has 1 fully saturated rings. The number of sulfonamides is 1. The van der Waals surface area contributed by atoms with Gasteiger partial charge in [0.15, 0.2) is 0 Å². The zero-order chi connectivity index (χ0) is 23.3. The number of amides is 1. The summed E-state index contributed by atoms with van der Waals surface area (Å²) in [4.78, 5) is 15.2. The molecule has 1 aliphatic heterocycles. The second-order valence-electron chi connectivity index (χ2n) is 8.18. The van der Waals surface area contributed by atoms with Crippen LogP contribution in [0.15, 0.2) is 66.1 Å². The molecule has 1 amide bonds. The molecule has 0 saturated carbocycles. The van der Waals surface area contributed by atoms with E-state index in [2.05, 4.69) is 30.6 Å². The number of nitrogens with one attached hydrogen (secondary N) is 1. The molecule has 1 saturated heterocycles. The van der Waals surface area contributed by atoms with Crippen molar-refractivity contribution in [3.8, 4) is 0 Å². The van der Waals surface area contributed by atoms with Gasteiger partial charge in [-0.15, -0.1) is 6.58 Å². The van der Waals surface area contributed by atoms with Crippen molar-refractivity contribution in [3.63, 3.8) is 0 Å². The van der Waals surface area contributed by atoms with E-state index in [-0.39, 0.29) is 34.0 Å². The third-order valence-electron chi connectivity index (χ3n) is 5.70. The number of nitrogens with zero attached hydrogens (tertiary/aromatic N) is 2. The van der Waals surface area contributed by atoms with Crippen LogP contribution in [0, 0.1) is 0 Å². The molecule has 0 aliphatic carbocycles. The largest absolute Gasteiger partial charge is 0.349 e. The van der Waals surface area contributed by atoms with E-state index in [4.69, 9.17) is 11.6 Å². The van der Waals surface area contributed by atoms with Gasteiger partial charge in [0, 0.05) is 30.7 Å². The highest BCUT2D eigenvalue weighted by Crippen LogP contribution is 2.29. The van der Waals surface area contributed by atoms with E-state index < -0.39 is 10.0 Å². The van der Waals surface area contributed by atoms with Gasteiger partial charge in [-0.25, -0.2) is 8.42 Å². The monoisotopic (exact) mass is 475 g/mol. The summed E-state index contributed by atoms with van der Waals surface area (Å²) < 4.78 is 28.2. The Morgan fingerprint density at radius 1 is 1.22 bits per heavy atom. The van der Waals surface area contributed by atoms with Crippen molar-refractivity contribution < 1.29 is 13.2 Å². The molecule has 172 valence electrons. The van der Waals surface area contributed by atoms with Gasteiger partial charge in [-0.2, -0.15) is 0 Å². The van der Waals surface area contributed by atoms with Crippen molar-refractivity contribution >= 4 is 33.2 Å². The number of hydrogen-bond acceptors (Lipinski definition) is 4. The van der Waals surface area contributed by atoms with Gasteiger partial charge >= 0.3 is 0 Å². The van der Waals surface area contributed by atoms with Crippen LogP contribution >= 0.6 is 11.6 Å². The van der Waals surface area contributed by atoms with Gasteiger partial charge in [0.1, 0.15) is 4.90 Å². The number of carbonyl (C=O) groups is 1. The molecule has 2 aromatic rings. The fraction of sp³-hybridized carbons (Fsp3) is 0.375. The molecule has 1 heterocycles. The van der Waals surface area contributed by atoms with Crippen molar-refractivity contribution in [3.05, 3.63) is 71.8 Å². The standard InChI is InChI=1S/C24H30ClN3O3S/c1-4-14-28(21-8-6-5-7-9-21)32(30,31)23-17-19(10-11-22(23)25)24(29)26-20-12-15-27(16-13-20)18(2)3/h4-11,17-18,20H,1,12-16H2,2-3H3,(H,26,29). The van der Waals surface area contributed by atoms with Crippen LogP contribution in [0.1, 0.15) is 37.0 Å². The van der Waals surface area contributed by atoms with Gasteiger partial charge in [-0.05, 0) is 57.0 Å². The molecular formula is C24H30ClN3O3S. The quantitative estimate of drug-likeness (QED) is 0.577. The van der Waals surface area contributed by atoms with Crippen LogP contribution in [-0.2, 0) is 10.0 Å². The summed E-state index contributed by atoms with van der Waals surface area (Å²) in [6.45, 7) is 9.94. The van der Waals surface area contributed by atoms with Crippen LogP contribution < -0.4 is 9.62 Å². The van der Waals surface area contributed by atoms with Crippen LogP contribution in [0.2, 0.25) is 5.02 Å². The maximum absolute atomic E-state index is 13.5. The number of likely N-dealkylation sites (tertiary alicyclic amines) is 1. The van der Waals surface area contributed by atoms with E-state index in [9.17, 15) is 13.2 Å². The molecule has 0 bridgehead atoms. The summed E-state index contributed by atoms with van der Waals surface area (Å²) in [5.74, 6) is -0.295. The lowest BCUT2D eigenvalue weighted by Gasteiger charge is -2.34. The minimum atomic E-state index is -4.01. The lowest BCUT2D eigenvalue weighted by Crippen LogP contribution is -2.46. The number of piperidine rings is 1. The number of rotatable bonds is 8. The number of benzene rings is 2. The summed E-state index contributed by atoms with van der Waals surface area (Å²) in [5.41, 5.74) is 0.765. The zero-order valence-corrected chi connectivity index (χ0v) is 20.1. The Bertz CT molecular complexity index is 1050. The summed E-state index contributed by atoms with van der Waals surface area (Å²) >= 11 is 6.29. The fourth-order valence-electron chi connectivity index (χ4n) is 3.84. The number of halogens is 1. The Labute approximate surface area is 195 Å². The van der Waals surface area contributed by atoms with Crippen LogP contribution in [-0.4, -0.2) is 50.9 Å². The first-order valence-corrected chi connectivity index (χ1v) is 12.6. The van der Waals surface area contributed by atoms with E-state index in [1.807, 2.05) is 6.07 Å². The van der Waals surface area contributed by atoms with Crippen LogP contribution in [0.4, 0.5) is 5.69 Å². The predicted molar refractivity (Wildman–Crippen MR) is 130 cm³/mol. The summed E-state index contributed by atoms with van der Waals surface area (Å²) in [5, 5.41) is 3.11. The fourth-order valence-corrected chi connectivity index (χ4v) is 5.78. The van der Waals surface area contributed by atoms with E-state index >= 15 is 0 Å². The Morgan fingerprint density at radius 2 is 1.88 bits per heavy atom. The normalized spacial score (nSPS) is 15.5. The predicted octanol–water partition coefficient (Wildman–Crippen LogP) is 4.32. The van der Waals surface area contributed by atoms with Crippen LogP contribution in [0.5, 0.6) is 0 Å². The highest BCUT2D eigenvalue weighted by Gasteiger charge is 2.28. The maximum atomic E-state index is 13.5. The number of anilines is 1. The van der Waals surface area contributed by atoms with Crippen molar-refractivity contribution in [1.82, 2.24) is 10.2 Å². The van der Waals surface area contributed by atoms with E-state index in [0.29, 0.717) is 11.7 Å². The molecular weight excluding hydrogens is 446 g/mol. The molecule has 6 nitrogen and oxygen atoms in total. The third kappa shape index (κ3) is 5.52. The highest BCUT2D eigenvalue weighted by molar-refractivity contribution is 7.93. The molecule has 0 spiro atoms. The second-order valence-corrected chi connectivity index (χ2v) is 10.4. The van der Waals surface area contributed by atoms with Gasteiger partial charge in [0.05, 0.1) is 17.3 Å². The molecule has 0 radical (unpaired) electrons. The lowest BCUT2D eigenvalue weighted by molar-refractivity contribution is 0.0900. The Balaban J connectivity index is 1.83. The van der Waals surface area contributed by atoms with Gasteiger partial charge in [0.25, 0.3) is 15.9 Å². The van der Waals surface area contributed by atoms with Crippen LogP contribution in [0.25, 0.3) is 0 Å². The Hall–Kier alpha value is -2.35. The molecule has 3 rings (SSSR count). The molecule has 1 N–H and O–H groups in total.